The summed E-state index contributed by atoms with van der Waals surface area (Å²) in [4.78, 5) is 11.4. The summed E-state index contributed by atoms with van der Waals surface area (Å²) in [5.74, 6) is -0.685. The van der Waals surface area contributed by atoms with Gasteiger partial charge in [-0.05, 0) is 24.3 Å². The van der Waals surface area contributed by atoms with E-state index in [2.05, 4.69) is 5.32 Å². The molecule has 3 nitrogen and oxygen atoms in total. The fourth-order valence-corrected chi connectivity index (χ4v) is 1.33. The van der Waals surface area contributed by atoms with Crippen molar-refractivity contribution in [1.82, 2.24) is 0 Å². The third-order valence-electron chi connectivity index (χ3n) is 2.09. The van der Waals surface area contributed by atoms with Crippen molar-refractivity contribution in [3.8, 4) is 0 Å². The van der Waals surface area contributed by atoms with E-state index in [4.69, 9.17) is 18.0 Å². The van der Waals surface area contributed by atoms with E-state index in [1.165, 1.54) is 12.1 Å². The molecule has 0 aliphatic rings. The predicted molar refractivity (Wildman–Crippen MR) is 66.2 cm³/mol. The molecule has 0 bridgehead atoms. The maximum absolute atomic E-state index is 11.9. The van der Waals surface area contributed by atoms with Crippen LogP contribution in [-0.4, -0.2) is 17.1 Å². The SMILES string of the molecule is NC(=S)c1ccc(NC(=O)CCC(F)(F)F)cc1. The van der Waals surface area contributed by atoms with Crippen molar-refractivity contribution >= 4 is 28.8 Å². The van der Waals surface area contributed by atoms with Gasteiger partial charge in [0.05, 0.1) is 6.42 Å². The zero-order valence-corrected chi connectivity index (χ0v) is 10.1. The Labute approximate surface area is 107 Å². The van der Waals surface area contributed by atoms with Crippen LogP contribution in [-0.2, 0) is 4.79 Å². The Morgan fingerprint density at radius 2 is 1.83 bits per heavy atom. The van der Waals surface area contributed by atoms with E-state index in [9.17, 15) is 18.0 Å². The normalized spacial score (nSPS) is 11.1. The molecular weight excluding hydrogens is 265 g/mol. The van der Waals surface area contributed by atoms with Crippen LogP contribution in [0.4, 0.5) is 18.9 Å². The highest BCUT2D eigenvalue weighted by Gasteiger charge is 2.27. The van der Waals surface area contributed by atoms with Crippen LogP contribution in [0.5, 0.6) is 0 Å². The highest BCUT2D eigenvalue weighted by Crippen LogP contribution is 2.21. The molecule has 0 unspecified atom stereocenters. The molecule has 0 radical (unpaired) electrons. The fraction of sp³-hybridized carbons (Fsp3) is 0.273. The summed E-state index contributed by atoms with van der Waals surface area (Å²) in [5.41, 5.74) is 6.41. The van der Waals surface area contributed by atoms with E-state index >= 15 is 0 Å². The largest absolute Gasteiger partial charge is 0.389 e. The highest BCUT2D eigenvalue weighted by molar-refractivity contribution is 7.80. The van der Waals surface area contributed by atoms with Gasteiger partial charge < -0.3 is 11.1 Å². The van der Waals surface area contributed by atoms with E-state index < -0.39 is 24.9 Å². The molecule has 0 saturated carbocycles. The van der Waals surface area contributed by atoms with E-state index in [0.717, 1.165) is 0 Å². The average Bonchev–Trinajstić information content (AvgIpc) is 2.26. The molecule has 0 aliphatic heterocycles. The monoisotopic (exact) mass is 276 g/mol. The second kappa shape index (κ2) is 5.81. The van der Waals surface area contributed by atoms with Crippen LogP contribution in [0.2, 0.25) is 0 Å². The fourth-order valence-electron chi connectivity index (χ4n) is 1.20. The first-order chi connectivity index (χ1) is 8.28. The number of anilines is 1. The van der Waals surface area contributed by atoms with Gasteiger partial charge in [0.1, 0.15) is 4.99 Å². The minimum absolute atomic E-state index is 0.213. The Hall–Kier alpha value is -1.63. The molecule has 1 aromatic carbocycles. The van der Waals surface area contributed by atoms with Gasteiger partial charge in [-0.15, -0.1) is 0 Å². The lowest BCUT2D eigenvalue weighted by Crippen LogP contribution is -2.16. The van der Waals surface area contributed by atoms with E-state index in [1.54, 1.807) is 12.1 Å². The number of hydrogen-bond donors (Lipinski definition) is 2. The first-order valence-corrected chi connectivity index (χ1v) is 5.45. The van der Waals surface area contributed by atoms with Crippen molar-refractivity contribution in [2.24, 2.45) is 5.73 Å². The number of nitrogens with two attached hydrogens (primary N) is 1. The van der Waals surface area contributed by atoms with Crippen LogP contribution in [0, 0.1) is 0 Å². The summed E-state index contributed by atoms with van der Waals surface area (Å²) in [6.07, 6.45) is -6.06. The van der Waals surface area contributed by atoms with Gasteiger partial charge in [0, 0.05) is 17.7 Å². The third-order valence-corrected chi connectivity index (χ3v) is 2.32. The zero-order chi connectivity index (χ0) is 13.8. The second-order valence-electron chi connectivity index (χ2n) is 3.60. The van der Waals surface area contributed by atoms with E-state index in [-0.39, 0.29) is 4.99 Å². The standard InChI is InChI=1S/C11H11F3N2OS/c12-11(13,14)6-5-9(17)16-8-3-1-7(2-4-8)10(15)18/h1-4H,5-6H2,(H2,15,18)(H,16,17). The minimum Gasteiger partial charge on any atom is -0.389 e. The van der Waals surface area contributed by atoms with Gasteiger partial charge >= 0.3 is 6.18 Å². The number of thiocarbonyl (C=S) groups is 1. The first kappa shape index (κ1) is 14.4. The number of benzene rings is 1. The topological polar surface area (TPSA) is 55.1 Å². The highest BCUT2D eigenvalue weighted by atomic mass is 32.1. The summed E-state index contributed by atoms with van der Waals surface area (Å²) in [6, 6.07) is 6.23. The lowest BCUT2D eigenvalue weighted by molar-refractivity contribution is -0.142. The quantitative estimate of drug-likeness (QED) is 0.831. The molecule has 0 spiro atoms. The number of nitrogens with one attached hydrogen (secondary N) is 1. The third kappa shape index (κ3) is 5.13. The molecule has 0 saturated heterocycles. The summed E-state index contributed by atoms with van der Waals surface area (Å²) in [5, 5.41) is 2.36. The number of alkyl halides is 3. The zero-order valence-electron chi connectivity index (χ0n) is 9.25. The van der Waals surface area contributed by atoms with Crippen molar-refractivity contribution < 1.29 is 18.0 Å². The molecule has 18 heavy (non-hydrogen) atoms. The number of carbonyl (C=O) groups excluding carboxylic acids is 1. The second-order valence-corrected chi connectivity index (χ2v) is 4.04. The van der Waals surface area contributed by atoms with Crippen molar-refractivity contribution in [1.29, 1.82) is 0 Å². The van der Waals surface area contributed by atoms with Gasteiger partial charge in [0.25, 0.3) is 0 Å². The molecule has 7 heteroatoms. The molecule has 3 N–H and O–H groups in total. The Balaban J connectivity index is 2.52. The number of halogens is 3. The maximum Gasteiger partial charge on any atom is 0.389 e. The van der Waals surface area contributed by atoms with Crippen molar-refractivity contribution in [2.75, 3.05) is 5.32 Å². The summed E-state index contributed by atoms with van der Waals surface area (Å²) in [7, 11) is 0. The van der Waals surface area contributed by atoms with Gasteiger partial charge in [-0.3, -0.25) is 4.79 Å². The molecular formula is C11H11F3N2OS. The molecule has 0 fully saturated rings. The van der Waals surface area contributed by atoms with Crippen molar-refractivity contribution in [2.45, 2.75) is 19.0 Å². The maximum atomic E-state index is 11.9. The van der Waals surface area contributed by atoms with Crippen LogP contribution in [0.15, 0.2) is 24.3 Å². The molecule has 0 atom stereocenters. The van der Waals surface area contributed by atoms with Crippen molar-refractivity contribution in [3.63, 3.8) is 0 Å². The Bertz CT molecular complexity index is 443. The Morgan fingerprint density at radius 3 is 2.28 bits per heavy atom. The van der Waals surface area contributed by atoms with E-state index in [0.29, 0.717) is 11.3 Å². The van der Waals surface area contributed by atoms with Crippen molar-refractivity contribution in [3.05, 3.63) is 29.8 Å². The summed E-state index contributed by atoms with van der Waals surface area (Å²) < 4.78 is 35.7. The van der Waals surface area contributed by atoms with Gasteiger partial charge in [-0.2, -0.15) is 13.2 Å². The molecule has 0 aliphatic carbocycles. The van der Waals surface area contributed by atoms with Crippen LogP contribution >= 0.6 is 12.2 Å². The molecule has 0 aromatic heterocycles. The van der Waals surface area contributed by atoms with Crippen LogP contribution in [0.1, 0.15) is 18.4 Å². The molecule has 0 heterocycles. The summed E-state index contributed by atoms with van der Waals surface area (Å²) in [6.45, 7) is 0. The number of hydrogen-bond acceptors (Lipinski definition) is 2. The summed E-state index contributed by atoms with van der Waals surface area (Å²) >= 11 is 4.74. The minimum atomic E-state index is -4.33. The molecule has 1 rings (SSSR count). The lowest BCUT2D eigenvalue weighted by atomic mass is 10.2. The van der Waals surface area contributed by atoms with Gasteiger partial charge in [0.2, 0.25) is 5.91 Å². The first-order valence-electron chi connectivity index (χ1n) is 5.04. The van der Waals surface area contributed by atoms with Crippen LogP contribution in [0.25, 0.3) is 0 Å². The Kier molecular flexibility index (Phi) is 4.66. The van der Waals surface area contributed by atoms with Crippen LogP contribution < -0.4 is 11.1 Å². The van der Waals surface area contributed by atoms with E-state index in [1.807, 2.05) is 0 Å². The number of carbonyl (C=O) groups is 1. The number of rotatable bonds is 4. The molecule has 98 valence electrons. The Morgan fingerprint density at radius 1 is 1.28 bits per heavy atom. The molecule has 1 aromatic rings. The molecule has 1 amide bonds. The lowest BCUT2D eigenvalue weighted by Gasteiger charge is -2.07. The predicted octanol–water partition coefficient (Wildman–Crippen LogP) is 2.60. The number of amides is 1. The average molecular weight is 276 g/mol. The van der Waals surface area contributed by atoms with Gasteiger partial charge in [-0.1, -0.05) is 12.2 Å². The smallest absolute Gasteiger partial charge is 0.389 e. The van der Waals surface area contributed by atoms with Crippen LogP contribution in [0.3, 0.4) is 0 Å². The van der Waals surface area contributed by atoms with Gasteiger partial charge in [-0.25, -0.2) is 0 Å². The van der Waals surface area contributed by atoms with Gasteiger partial charge in [0.15, 0.2) is 0 Å².